The maximum atomic E-state index is 12.5. The molecule has 1 aromatic heterocycles. The first-order valence-corrected chi connectivity index (χ1v) is 8.46. The summed E-state index contributed by atoms with van der Waals surface area (Å²) in [7, 11) is 0. The Labute approximate surface area is 139 Å². The molecule has 3 amide bonds. The minimum atomic E-state index is -0.679. The monoisotopic (exact) mass is 328 g/mol. The summed E-state index contributed by atoms with van der Waals surface area (Å²) in [6, 6.07) is 3.20. The second-order valence-electron chi connectivity index (χ2n) is 7.00. The Bertz CT molecular complexity index is 731. The summed E-state index contributed by atoms with van der Waals surface area (Å²) in [6.45, 7) is 2.19. The van der Waals surface area contributed by atoms with E-state index in [0.29, 0.717) is 17.6 Å². The van der Waals surface area contributed by atoms with E-state index in [-0.39, 0.29) is 30.2 Å². The lowest BCUT2D eigenvalue weighted by molar-refractivity contribution is -0.135. The van der Waals surface area contributed by atoms with Crippen LogP contribution in [0.4, 0.5) is 0 Å². The average Bonchev–Trinajstić information content (AvgIpc) is 3.42. The fourth-order valence-electron chi connectivity index (χ4n) is 3.32. The molecule has 24 heavy (non-hydrogen) atoms. The highest BCUT2D eigenvalue weighted by atomic mass is 16.3. The molecule has 4 rings (SSSR count). The maximum absolute atomic E-state index is 12.5. The van der Waals surface area contributed by atoms with E-state index in [0.717, 1.165) is 25.0 Å². The third kappa shape index (κ3) is 2.88. The molecule has 2 saturated carbocycles. The van der Waals surface area contributed by atoms with E-state index in [1.807, 2.05) is 12.1 Å². The van der Waals surface area contributed by atoms with Crippen LogP contribution in [0.1, 0.15) is 50.0 Å². The highest BCUT2D eigenvalue weighted by molar-refractivity contribution is 6.07. The van der Waals surface area contributed by atoms with Gasteiger partial charge in [0.1, 0.15) is 17.6 Å². The summed E-state index contributed by atoms with van der Waals surface area (Å²) in [6.07, 6.45) is 6.04. The van der Waals surface area contributed by atoms with Crippen LogP contribution in [0.3, 0.4) is 0 Å². The van der Waals surface area contributed by atoms with Crippen LogP contribution >= 0.6 is 0 Å². The van der Waals surface area contributed by atoms with Crippen LogP contribution in [0.2, 0.25) is 0 Å². The Morgan fingerprint density at radius 3 is 2.67 bits per heavy atom. The zero-order valence-electron chi connectivity index (χ0n) is 13.5. The van der Waals surface area contributed by atoms with Gasteiger partial charge >= 0.3 is 0 Å². The summed E-state index contributed by atoms with van der Waals surface area (Å²) in [5.74, 6) is 1.83. The van der Waals surface area contributed by atoms with Crippen LogP contribution in [-0.2, 0) is 14.4 Å². The molecule has 6 nitrogen and oxygen atoms in total. The van der Waals surface area contributed by atoms with E-state index in [9.17, 15) is 14.4 Å². The van der Waals surface area contributed by atoms with E-state index >= 15 is 0 Å². The SMILES string of the molecule is CC1CC1c1ccc(/C=C/C(=O)N(C2CC2)C2CC(=O)NC2=O)o1. The first-order chi connectivity index (χ1) is 11.5. The zero-order chi connectivity index (χ0) is 16.8. The molecule has 3 fully saturated rings. The third-order valence-corrected chi connectivity index (χ3v) is 4.99. The van der Waals surface area contributed by atoms with Crippen molar-refractivity contribution in [3.8, 4) is 0 Å². The molecule has 6 heteroatoms. The molecule has 126 valence electrons. The average molecular weight is 328 g/mol. The molecule has 0 radical (unpaired) electrons. The first-order valence-electron chi connectivity index (χ1n) is 8.46. The predicted molar refractivity (Wildman–Crippen MR) is 85.7 cm³/mol. The molecule has 3 unspecified atom stereocenters. The second kappa shape index (κ2) is 5.61. The van der Waals surface area contributed by atoms with Crippen molar-refractivity contribution >= 4 is 23.8 Å². The Morgan fingerprint density at radius 2 is 2.08 bits per heavy atom. The quantitative estimate of drug-likeness (QED) is 0.660. The van der Waals surface area contributed by atoms with Crippen molar-refractivity contribution < 1.29 is 18.8 Å². The predicted octanol–water partition coefficient (Wildman–Crippen LogP) is 1.82. The number of nitrogens with zero attached hydrogens (tertiary/aromatic N) is 1. The summed E-state index contributed by atoms with van der Waals surface area (Å²) in [5.41, 5.74) is 0. The third-order valence-electron chi connectivity index (χ3n) is 4.99. The summed E-state index contributed by atoms with van der Waals surface area (Å²) < 4.78 is 5.76. The number of carbonyl (C=O) groups is 3. The van der Waals surface area contributed by atoms with E-state index in [2.05, 4.69) is 12.2 Å². The number of furan rings is 1. The van der Waals surface area contributed by atoms with E-state index in [1.165, 1.54) is 6.08 Å². The van der Waals surface area contributed by atoms with Gasteiger partial charge in [0.05, 0.1) is 6.42 Å². The lowest BCUT2D eigenvalue weighted by Crippen LogP contribution is -2.45. The van der Waals surface area contributed by atoms with Gasteiger partial charge in [0.25, 0.3) is 0 Å². The number of imide groups is 1. The highest BCUT2D eigenvalue weighted by Gasteiger charge is 2.44. The van der Waals surface area contributed by atoms with Crippen molar-refractivity contribution in [1.29, 1.82) is 0 Å². The second-order valence-corrected chi connectivity index (χ2v) is 7.00. The van der Waals surface area contributed by atoms with Crippen LogP contribution in [0, 0.1) is 5.92 Å². The molecule has 1 aliphatic heterocycles. The van der Waals surface area contributed by atoms with Crippen molar-refractivity contribution in [2.45, 2.75) is 50.6 Å². The van der Waals surface area contributed by atoms with Gasteiger partial charge in [-0.1, -0.05) is 6.92 Å². The van der Waals surface area contributed by atoms with Gasteiger partial charge in [0.15, 0.2) is 0 Å². The van der Waals surface area contributed by atoms with Crippen LogP contribution in [0.5, 0.6) is 0 Å². The van der Waals surface area contributed by atoms with E-state index < -0.39 is 6.04 Å². The standard InChI is InChI=1S/C18H20N2O4/c1-10-8-13(10)15-6-4-12(24-15)5-7-17(22)20(11-2-3-11)14-9-16(21)19-18(14)23/h4-7,10-11,13-14H,2-3,8-9H2,1H3,(H,19,21,23)/b7-5+. The van der Waals surface area contributed by atoms with Gasteiger partial charge in [-0.2, -0.15) is 0 Å². The molecule has 0 bridgehead atoms. The van der Waals surface area contributed by atoms with Crippen LogP contribution in [0.25, 0.3) is 6.08 Å². The highest BCUT2D eigenvalue weighted by Crippen LogP contribution is 2.47. The molecule has 0 aromatic carbocycles. The minimum Gasteiger partial charge on any atom is -0.461 e. The van der Waals surface area contributed by atoms with E-state index in [1.54, 1.807) is 11.0 Å². The Morgan fingerprint density at radius 1 is 1.33 bits per heavy atom. The van der Waals surface area contributed by atoms with Crippen LogP contribution < -0.4 is 5.32 Å². The van der Waals surface area contributed by atoms with E-state index in [4.69, 9.17) is 4.42 Å². The number of amides is 3. The molecular weight excluding hydrogens is 308 g/mol. The van der Waals surface area contributed by atoms with Crippen LogP contribution in [0.15, 0.2) is 22.6 Å². The molecule has 1 aromatic rings. The molecule has 1 saturated heterocycles. The van der Waals surface area contributed by atoms with Crippen LogP contribution in [-0.4, -0.2) is 34.7 Å². The fourth-order valence-corrected chi connectivity index (χ4v) is 3.32. The van der Waals surface area contributed by atoms with Gasteiger partial charge in [0.2, 0.25) is 17.7 Å². The molecular formula is C18H20N2O4. The molecule has 2 heterocycles. The van der Waals surface area contributed by atoms with Crippen molar-refractivity contribution in [3.05, 3.63) is 29.7 Å². The topological polar surface area (TPSA) is 79.6 Å². The first kappa shape index (κ1) is 15.2. The smallest absolute Gasteiger partial charge is 0.249 e. The number of nitrogens with one attached hydrogen (secondary N) is 1. The number of hydrogen-bond acceptors (Lipinski definition) is 4. The number of hydrogen-bond donors (Lipinski definition) is 1. The Balaban J connectivity index is 1.46. The van der Waals surface area contributed by atoms with Gasteiger partial charge in [-0.3, -0.25) is 19.7 Å². The lowest BCUT2D eigenvalue weighted by Gasteiger charge is -2.25. The summed E-state index contributed by atoms with van der Waals surface area (Å²) in [5, 5.41) is 2.27. The largest absolute Gasteiger partial charge is 0.461 e. The maximum Gasteiger partial charge on any atom is 0.249 e. The molecule has 3 aliphatic rings. The van der Waals surface area contributed by atoms with Gasteiger partial charge in [0, 0.05) is 18.0 Å². The molecule has 3 atom stereocenters. The van der Waals surface area contributed by atoms with Gasteiger partial charge in [-0.25, -0.2) is 0 Å². The number of carbonyl (C=O) groups excluding carboxylic acids is 3. The summed E-state index contributed by atoms with van der Waals surface area (Å²) in [4.78, 5) is 37.4. The van der Waals surface area contributed by atoms with Gasteiger partial charge in [-0.15, -0.1) is 0 Å². The Hall–Kier alpha value is -2.37. The normalized spacial score (nSPS) is 29.1. The van der Waals surface area contributed by atoms with Gasteiger partial charge < -0.3 is 9.32 Å². The molecule has 1 N–H and O–H groups in total. The lowest BCUT2D eigenvalue weighted by atomic mass is 10.2. The van der Waals surface area contributed by atoms with Crippen molar-refractivity contribution in [3.63, 3.8) is 0 Å². The zero-order valence-corrected chi connectivity index (χ0v) is 13.5. The van der Waals surface area contributed by atoms with Gasteiger partial charge in [-0.05, 0) is 43.4 Å². The van der Waals surface area contributed by atoms with Crippen molar-refractivity contribution in [2.24, 2.45) is 5.92 Å². The molecule has 2 aliphatic carbocycles. The fraction of sp³-hybridized carbons (Fsp3) is 0.500. The van der Waals surface area contributed by atoms with Crippen molar-refractivity contribution in [1.82, 2.24) is 10.2 Å². The Kier molecular flexibility index (Phi) is 3.55. The molecule has 0 spiro atoms. The summed E-state index contributed by atoms with van der Waals surface area (Å²) >= 11 is 0. The van der Waals surface area contributed by atoms with Crippen molar-refractivity contribution in [2.75, 3.05) is 0 Å². The number of rotatable bonds is 5. The minimum absolute atomic E-state index is 0.0549.